The highest BCUT2D eigenvalue weighted by Gasteiger charge is 2.16. The number of rotatable bonds is 2. The minimum atomic E-state index is -0.887. The average molecular weight is 184 g/mol. The summed E-state index contributed by atoms with van der Waals surface area (Å²) < 4.78 is 25.8. The summed E-state index contributed by atoms with van der Waals surface area (Å²) in [4.78, 5) is 21.2. The number of halogens is 2. The molecule has 1 aromatic carbocycles. The molecule has 0 amide bonds. The summed E-state index contributed by atoms with van der Waals surface area (Å²) in [5, 5.41) is 0. The summed E-state index contributed by atoms with van der Waals surface area (Å²) in [7, 11) is 0. The van der Waals surface area contributed by atoms with Gasteiger partial charge in [0.1, 0.15) is 11.6 Å². The van der Waals surface area contributed by atoms with Gasteiger partial charge >= 0.3 is 0 Å². The monoisotopic (exact) mass is 184 g/mol. The van der Waals surface area contributed by atoms with Crippen molar-refractivity contribution in [3.63, 3.8) is 0 Å². The van der Waals surface area contributed by atoms with Gasteiger partial charge in [0, 0.05) is 0 Å². The predicted octanol–water partition coefficient (Wildman–Crippen LogP) is 1.98. The molecule has 0 aliphatic carbocycles. The van der Waals surface area contributed by atoms with Gasteiger partial charge in [0.05, 0.1) is 11.1 Å². The summed E-state index contributed by atoms with van der Waals surface area (Å²) in [6, 6.07) is 1.63. The van der Waals surface area contributed by atoms with Gasteiger partial charge in [-0.15, -0.1) is 0 Å². The molecule has 68 valence electrons. The van der Waals surface area contributed by atoms with Gasteiger partial charge in [0.15, 0.2) is 12.1 Å². The Morgan fingerprint density at radius 3 is 2.23 bits per heavy atom. The van der Waals surface area contributed by atoms with Crippen LogP contribution in [-0.2, 0) is 0 Å². The molecule has 0 aliphatic rings. The maximum atomic E-state index is 12.9. The SMILES string of the molecule is CC(=O)c1c(F)ccc(F)c1C=O. The van der Waals surface area contributed by atoms with E-state index in [0.29, 0.717) is 0 Å². The van der Waals surface area contributed by atoms with Gasteiger partial charge in [-0.05, 0) is 19.1 Å². The molecule has 0 aromatic heterocycles. The molecule has 2 nitrogen and oxygen atoms in total. The maximum Gasteiger partial charge on any atom is 0.163 e. The number of benzene rings is 1. The Kier molecular flexibility index (Phi) is 2.51. The van der Waals surface area contributed by atoms with Crippen molar-refractivity contribution in [3.8, 4) is 0 Å². The van der Waals surface area contributed by atoms with Gasteiger partial charge in [0.2, 0.25) is 0 Å². The van der Waals surface area contributed by atoms with E-state index >= 15 is 0 Å². The topological polar surface area (TPSA) is 34.1 Å². The first-order chi connectivity index (χ1) is 6.07. The van der Waals surface area contributed by atoms with E-state index in [1.807, 2.05) is 0 Å². The number of hydrogen-bond acceptors (Lipinski definition) is 2. The Bertz CT molecular complexity index is 372. The third-order valence-corrected chi connectivity index (χ3v) is 1.61. The molecule has 13 heavy (non-hydrogen) atoms. The maximum absolute atomic E-state index is 12.9. The lowest BCUT2D eigenvalue weighted by Crippen LogP contribution is -2.05. The van der Waals surface area contributed by atoms with E-state index in [4.69, 9.17) is 0 Å². The molecule has 0 saturated heterocycles. The van der Waals surface area contributed by atoms with Crippen LogP contribution >= 0.6 is 0 Å². The molecule has 4 heteroatoms. The van der Waals surface area contributed by atoms with Crippen LogP contribution in [0.15, 0.2) is 12.1 Å². The first-order valence-corrected chi connectivity index (χ1v) is 3.52. The summed E-state index contributed by atoms with van der Waals surface area (Å²) >= 11 is 0. The van der Waals surface area contributed by atoms with E-state index in [-0.39, 0.29) is 6.29 Å². The Morgan fingerprint density at radius 2 is 1.85 bits per heavy atom. The normalized spacial score (nSPS) is 9.77. The van der Waals surface area contributed by atoms with Crippen LogP contribution in [0.2, 0.25) is 0 Å². The predicted molar refractivity (Wildman–Crippen MR) is 41.8 cm³/mol. The average Bonchev–Trinajstić information content (AvgIpc) is 2.07. The number of carbonyl (C=O) groups excluding carboxylic acids is 2. The molecule has 0 bridgehead atoms. The second-order valence-electron chi connectivity index (χ2n) is 2.49. The molecular weight excluding hydrogens is 178 g/mol. The third-order valence-electron chi connectivity index (χ3n) is 1.61. The second kappa shape index (κ2) is 3.43. The highest BCUT2D eigenvalue weighted by Crippen LogP contribution is 2.16. The molecule has 0 saturated carbocycles. The van der Waals surface area contributed by atoms with Gasteiger partial charge in [-0.25, -0.2) is 8.78 Å². The van der Waals surface area contributed by atoms with Gasteiger partial charge < -0.3 is 0 Å². The first-order valence-electron chi connectivity index (χ1n) is 3.52. The van der Waals surface area contributed by atoms with Gasteiger partial charge in [0.25, 0.3) is 0 Å². The van der Waals surface area contributed by atoms with Gasteiger partial charge in [-0.2, -0.15) is 0 Å². The number of Topliss-reactive ketones (excluding diaryl/α,β-unsaturated/α-hetero) is 1. The molecule has 0 heterocycles. The van der Waals surface area contributed by atoms with Crippen LogP contribution in [0.1, 0.15) is 27.6 Å². The van der Waals surface area contributed by atoms with Gasteiger partial charge in [-0.3, -0.25) is 9.59 Å². The lowest BCUT2D eigenvalue weighted by atomic mass is 10.0. The van der Waals surface area contributed by atoms with Crippen LogP contribution in [0.3, 0.4) is 0 Å². The number of hydrogen-bond donors (Lipinski definition) is 0. The molecule has 0 fully saturated rings. The van der Waals surface area contributed by atoms with E-state index in [0.717, 1.165) is 19.1 Å². The fourth-order valence-electron chi connectivity index (χ4n) is 1.04. The molecule has 0 unspecified atom stereocenters. The van der Waals surface area contributed by atoms with Crippen molar-refractivity contribution in [3.05, 3.63) is 34.9 Å². The van der Waals surface area contributed by atoms with E-state index < -0.39 is 28.5 Å². The summed E-state index contributed by atoms with van der Waals surface area (Å²) in [5.41, 5.74) is -1.01. The van der Waals surface area contributed by atoms with Crippen LogP contribution in [0.4, 0.5) is 8.78 Å². The van der Waals surface area contributed by atoms with Crippen LogP contribution in [0.25, 0.3) is 0 Å². The van der Waals surface area contributed by atoms with Crippen LogP contribution < -0.4 is 0 Å². The summed E-state index contributed by atoms with van der Waals surface area (Å²) in [5.74, 6) is -2.43. The molecule has 0 spiro atoms. The second-order valence-corrected chi connectivity index (χ2v) is 2.49. The quantitative estimate of drug-likeness (QED) is 0.520. The zero-order chi connectivity index (χ0) is 10.0. The largest absolute Gasteiger partial charge is 0.298 e. The molecule has 0 radical (unpaired) electrons. The van der Waals surface area contributed by atoms with Gasteiger partial charge in [-0.1, -0.05) is 0 Å². The summed E-state index contributed by atoms with van der Waals surface area (Å²) in [6.45, 7) is 1.07. The van der Waals surface area contributed by atoms with Crippen LogP contribution in [0, 0.1) is 11.6 Å². The molecule has 0 aliphatic heterocycles. The zero-order valence-electron chi connectivity index (χ0n) is 6.80. The Hall–Kier alpha value is -1.58. The molecule has 1 aromatic rings. The Morgan fingerprint density at radius 1 is 1.31 bits per heavy atom. The number of aldehydes is 1. The summed E-state index contributed by atoms with van der Waals surface area (Å²) in [6.07, 6.45) is 0.134. The van der Waals surface area contributed by atoms with Crippen molar-refractivity contribution in [1.29, 1.82) is 0 Å². The van der Waals surface area contributed by atoms with E-state index in [2.05, 4.69) is 0 Å². The van der Waals surface area contributed by atoms with Crippen molar-refractivity contribution < 1.29 is 18.4 Å². The molecule has 0 N–H and O–H groups in total. The van der Waals surface area contributed by atoms with Crippen molar-refractivity contribution in [2.24, 2.45) is 0 Å². The zero-order valence-corrected chi connectivity index (χ0v) is 6.80. The standard InChI is InChI=1S/C9H6F2O2/c1-5(13)9-6(4-12)7(10)2-3-8(9)11/h2-4H,1H3. The molecule has 1 rings (SSSR count). The fourth-order valence-corrected chi connectivity index (χ4v) is 1.04. The first kappa shape index (κ1) is 9.51. The minimum absolute atomic E-state index is 0.134. The lowest BCUT2D eigenvalue weighted by Gasteiger charge is -2.02. The minimum Gasteiger partial charge on any atom is -0.298 e. The molecular formula is C9H6F2O2. The number of ketones is 1. The van der Waals surface area contributed by atoms with Crippen molar-refractivity contribution in [2.45, 2.75) is 6.92 Å². The van der Waals surface area contributed by atoms with E-state index in [1.54, 1.807) is 0 Å². The highest BCUT2D eigenvalue weighted by molar-refractivity contribution is 6.01. The Labute approximate surface area is 73.2 Å². The van der Waals surface area contributed by atoms with Crippen molar-refractivity contribution in [2.75, 3.05) is 0 Å². The number of carbonyl (C=O) groups is 2. The van der Waals surface area contributed by atoms with E-state index in [9.17, 15) is 18.4 Å². The van der Waals surface area contributed by atoms with Crippen LogP contribution in [-0.4, -0.2) is 12.1 Å². The van der Waals surface area contributed by atoms with E-state index in [1.165, 1.54) is 0 Å². The van der Waals surface area contributed by atoms with Crippen LogP contribution in [0.5, 0.6) is 0 Å². The lowest BCUT2D eigenvalue weighted by molar-refractivity contribution is 0.1000. The third kappa shape index (κ3) is 1.61. The highest BCUT2D eigenvalue weighted by atomic mass is 19.1. The van der Waals surface area contributed by atoms with Crippen molar-refractivity contribution >= 4 is 12.1 Å². The fraction of sp³-hybridized carbons (Fsp3) is 0.111. The van der Waals surface area contributed by atoms with Crippen molar-refractivity contribution in [1.82, 2.24) is 0 Å². The Balaban J connectivity index is 3.52. The molecule has 0 atom stereocenters. The smallest absolute Gasteiger partial charge is 0.163 e.